The number of hydrogen-bond acceptors (Lipinski definition) is 3. The van der Waals surface area contributed by atoms with E-state index in [-0.39, 0.29) is 6.61 Å². The fourth-order valence-corrected chi connectivity index (χ4v) is 1.60. The van der Waals surface area contributed by atoms with Crippen LogP contribution in [0.15, 0.2) is 0 Å². The molecular formula is C11H22N2O. The SMILES string of the molecule is CCCCN(CCO)C(CC)CC#N. The van der Waals surface area contributed by atoms with Gasteiger partial charge in [-0.3, -0.25) is 4.90 Å². The topological polar surface area (TPSA) is 47.3 Å². The van der Waals surface area contributed by atoms with Crippen LogP contribution in [-0.2, 0) is 0 Å². The average molecular weight is 198 g/mol. The van der Waals surface area contributed by atoms with Gasteiger partial charge in [0.15, 0.2) is 0 Å². The summed E-state index contributed by atoms with van der Waals surface area (Å²) in [6, 6.07) is 2.53. The van der Waals surface area contributed by atoms with Crippen molar-refractivity contribution in [3.8, 4) is 6.07 Å². The Hall–Kier alpha value is -0.590. The van der Waals surface area contributed by atoms with Crippen molar-refractivity contribution >= 4 is 0 Å². The summed E-state index contributed by atoms with van der Waals surface area (Å²) in [5.74, 6) is 0. The first-order valence-corrected chi connectivity index (χ1v) is 5.51. The predicted octanol–water partition coefficient (Wildman–Crippen LogP) is 1.77. The van der Waals surface area contributed by atoms with Gasteiger partial charge in [-0.25, -0.2) is 0 Å². The smallest absolute Gasteiger partial charge is 0.0638 e. The van der Waals surface area contributed by atoms with Crippen molar-refractivity contribution < 1.29 is 5.11 Å². The Morgan fingerprint density at radius 2 is 2.07 bits per heavy atom. The van der Waals surface area contributed by atoms with E-state index >= 15 is 0 Å². The van der Waals surface area contributed by atoms with E-state index in [9.17, 15) is 0 Å². The molecule has 1 atom stereocenters. The molecule has 0 aromatic heterocycles. The zero-order valence-corrected chi connectivity index (χ0v) is 9.37. The third-order valence-corrected chi connectivity index (χ3v) is 2.50. The maximum atomic E-state index is 8.92. The molecule has 0 heterocycles. The van der Waals surface area contributed by atoms with Crippen molar-refractivity contribution in [1.29, 1.82) is 5.26 Å². The Labute approximate surface area is 87.3 Å². The molecule has 0 aliphatic rings. The van der Waals surface area contributed by atoms with Crippen LogP contribution in [0.2, 0.25) is 0 Å². The summed E-state index contributed by atoms with van der Waals surface area (Å²) in [5.41, 5.74) is 0. The molecule has 0 aliphatic heterocycles. The Balaban J connectivity index is 4.06. The van der Waals surface area contributed by atoms with Crippen LogP contribution in [0.5, 0.6) is 0 Å². The highest BCUT2D eigenvalue weighted by Crippen LogP contribution is 2.09. The predicted molar refractivity (Wildman–Crippen MR) is 57.9 cm³/mol. The highest BCUT2D eigenvalue weighted by Gasteiger charge is 2.14. The summed E-state index contributed by atoms with van der Waals surface area (Å²) >= 11 is 0. The summed E-state index contributed by atoms with van der Waals surface area (Å²) in [4.78, 5) is 2.23. The fraction of sp³-hybridized carbons (Fsp3) is 0.909. The van der Waals surface area contributed by atoms with Gasteiger partial charge < -0.3 is 5.11 Å². The molecule has 0 aliphatic carbocycles. The van der Waals surface area contributed by atoms with Crippen molar-refractivity contribution in [3.63, 3.8) is 0 Å². The minimum atomic E-state index is 0.186. The molecule has 0 fully saturated rings. The van der Waals surface area contributed by atoms with Gasteiger partial charge in [0.05, 0.1) is 19.1 Å². The zero-order chi connectivity index (χ0) is 10.8. The van der Waals surface area contributed by atoms with Gasteiger partial charge >= 0.3 is 0 Å². The molecule has 0 saturated carbocycles. The van der Waals surface area contributed by atoms with Crippen molar-refractivity contribution in [3.05, 3.63) is 0 Å². The van der Waals surface area contributed by atoms with Gasteiger partial charge in [0, 0.05) is 12.6 Å². The zero-order valence-electron chi connectivity index (χ0n) is 9.37. The molecule has 0 bridgehead atoms. The molecular weight excluding hydrogens is 176 g/mol. The maximum absolute atomic E-state index is 8.92. The standard InChI is InChI=1S/C11H22N2O/c1-3-5-8-13(9-10-14)11(4-2)6-7-12/h11,14H,3-6,8-10H2,1-2H3. The Morgan fingerprint density at radius 3 is 2.50 bits per heavy atom. The lowest BCUT2D eigenvalue weighted by molar-refractivity contribution is 0.146. The van der Waals surface area contributed by atoms with E-state index in [1.165, 1.54) is 0 Å². The Kier molecular flexibility index (Phi) is 8.61. The van der Waals surface area contributed by atoms with Crippen LogP contribution in [0.3, 0.4) is 0 Å². The lowest BCUT2D eigenvalue weighted by atomic mass is 10.1. The van der Waals surface area contributed by atoms with E-state index in [0.29, 0.717) is 19.0 Å². The van der Waals surface area contributed by atoms with Crippen molar-refractivity contribution in [2.24, 2.45) is 0 Å². The van der Waals surface area contributed by atoms with Gasteiger partial charge in [-0.2, -0.15) is 5.26 Å². The van der Waals surface area contributed by atoms with Crippen LogP contribution < -0.4 is 0 Å². The molecule has 14 heavy (non-hydrogen) atoms. The molecule has 0 saturated heterocycles. The number of aliphatic hydroxyl groups is 1. The molecule has 0 aromatic carbocycles. The Bertz CT molecular complexity index is 165. The minimum Gasteiger partial charge on any atom is -0.395 e. The van der Waals surface area contributed by atoms with Gasteiger partial charge in [0.25, 0.3) is 0 Å². The highest BCUT2D eigenvalue weighted by atomic mass is 16.3. The van der Waals surface area contributed by atoms with E-state index < -0.39 is 0 Å². The fourth-order valence-electron chi connectivity index (χ4n) is 1.60. The van der Waals surface area contributed by atoms with Crippen LogP contribution in [0.25, 0.3) is 0 Å². The molecule has 0 radical (unpaired) electrons. The molecule has 1 unspecified atom stereocenters. The molecule has 3 nitrogen and oxygen atoms in total. The average Bonchev–Trinajstić information content (AvgIpc) is 2.21. The molecule has 82 valence electrons. The lowest BCUT2D eigenvalue weighted by Crippen LogP contribution is -2.37. The third-order valence-electron chi connectivity index (χ3n) is 2.50. The van der Waals surface area contributed by atoms with Gasteiger partial charge in [-0.1, -0.05) is 20.3 Å². The summed E-state index contributed by atoms with van der Waals surface area (Å²) in [5, 5.41) is 17.6. The van der Waals surface area contributed by atoms with E-state index in [0.717, 1.165) is 25.8 Å². The Morgan fingerprint density at radius 1 is 1.36 bits per heavy atom. The quantitative estimate of drug-likeness (QED) is 0.646. The summed E-state index contributed by atoms with van der Waals surface area (Å²) < 4.78 is 0. The van der Waals surface area contributed by atoms with Gasteiger partial charge in [0.2, 0.25) is 0 Å². The molecule has 0 aromatic rings. The van der Waals surface area contributed by atoms with Crippen LogP contribution in [0.1, 0.15) is 39.5 Å². The van der Waals surface area contributed by atoms with Crippen LogP contribution in [-0.4, -0.2) is 35.7 Å². The van der Waals surface area contributed by atoms with Crippen LogP contribution in [0, 0.1) is 11.3 Å². The van der Waals surface area contributed by atoms with Crippen LogP contribution in [0.4, 0.5) is 0 Å². The van der Waals surface area contributed by atoms with Crippen LogP contribution >= 0.6 is 0 Å². The van der Waals surface area contributed by atoms with Crippen molar-refractivity contribution in [2.45, 2.75) is 45.6 Å². The molecule has 3 heteroatoms. The number of nitrogens with zero attached hydrogens (tertiary/aromatic N) is 2. The number of nitriles is 1. The van der Waals surface area contributed by atoms with E-state index in [1.54, 1.807) is 0 Å². The number of rotatable bonds is 8. The van der Waals surface area contributed by atoms with E-state index in [1.807, 2.05) is 0 Å². The monoisotopic (exact) mass is 198 g/mol. The second kappa shape index (κ2) is 8.98. The largest absolute Gasteiger partial charge is 0.395 e. The number of hydrogen-bond donors (Lipinski definition) is 1. The summed E-state index contributed by atoms with van der Waals surface area (Å²) in [6.45, 7) is 6.13. The van der Waals surface area contributed by atoms with Gasteiger partial charge in [-0.15, -0.1) is 0 Å². The normalized spacial score (nSPS) is 12.8. The number of aliphatic hydroxyl groups excluding tert-OH is 1. The minimum absolute atomic E-state index is 0.186. The summed E-state index contributed by atoms with van der Waals surface area (Å²) in [6.07, 6.45) is 3.85. The first kappa shape index (κ1) is 13.4. The van der Waals surface area contributed by atoms with Crippen molar-refractivity contribution in [1.82, 2.24) is 4.90 Å². The van der Waals surface area contributed by atoms with Crippen molar-refractivity contribution in [2.75, 3.05) is 19.7 Å². The number of unbranched alkanes of at least 4 members (excludes halogenated alkanes) is 1. The molecule has 0 spiro atoms. The second-order valence-electron chi connectivity index (χ2n) is 3.54. The maximum Gasteiger partial charge on any atom is 0.0638 e. The second-order valence-corrected chi connectivity index (χ2v) is 3.54. The van der Waals surface area contributed by atoms with E-state index in [4.69, 9.17) is 10.4 Å². The van der Waals surface area contributed by atoms with E-state index in [2.05, 4.69) is 24.8 Å². The third kappa shape index (κ3) is 5.21. The highest BCUT2D eigenvalue weighted by molar-refractivity contribution is 4.81. The first-order valence-electron chi connectivity index (χ1n) is 5.51. The summed E-state index contributed by atoms with van der Waals surface area (Å²) in [7, 11) is 0. The lowest BCUT2D eigenvalue weighted by Gasteiger charge is -2.28. The van der Waals surface area contributed by atoms with Gasteiger partial charge in [-0.05, 0) is 19.4 Å². The molecule has 0 rings (SSSR count). The molecule has 0 amide bonds. The molecule has 1 N–H and O–H groups in total. The first-order chi connectivity index (χ1) is 6.79. The van der Waals surface area contributed by atoms with Gasteiger partial charge in [0.1, 0.15) is 0 Å².